The second kappa shape index (κ2) is 7.68. The molecular weight excluding hydrogens is 318 g/mol. The fourth-order valence-electron chi connectivity index (χ4n) is 3.77. The summed E-state index contributed by atoms with van der Waals surface area (Å²) >= 11 is 0. The first-order valence-electron chi connectivity index (χ1n) is 9.35. The Kier molecular flexibility index (Phi) is 5.14. The van der Waals surface area contributed by atoms with Crippen molar-refractivity contribution in [2.24, 2.45) is 5.73 Å². The van der Waals surface area contributed by atoms with Crippen molar-refractivity contribution in [2.75, 3.05) is 19.7 Å². The van der Waals surface area contributed by atoms with Gasteiger partial charge in [0.15, 0.2) is 0 Å². The smallest absolute Gasteiger partial charge is 0.133 e. The lowest BCUT2D eigenvalue weighted by Gasteiger charge is -2.31. The molecule has 0 spiro atoms. The minimum Gasteiger partial charge on any atom is -0.462 e. The van der Waals surface area contributed by atoms with E-state index in [1.165, 1.54) is 6.42 Å². The van der Waals surface area contributed by atoms with Gasteiger partial charge in [-0.15, -0.1) is 5.10 Å². The van der Waals surface area contributed by atoms with Crippen molar-refractivity contribution >= 4 is 0 Å². The first-order valence-corrected chi connectivity index (χ1v) is 9.35. The molecule has 2 aromatic heterocycles. The standard InChI is InChI=1S/C18H27N5O2/c19-11-14-12-23(21-20-14)15-6-8-22(9-7-15)13-16-4-5-18(25-16)17-3-1-2-10-24-17/h4-5,12,15,17H,1-3,6-11,13,19H2/t17-/m0/s1. The number of nitrogens with zero attached hydrogens (tertiary/aromatic N) is 4. The van der Waals surface area contributed by atoms with E-state index in [1.54, 1.807) is 0 Å². The maximum Gasteiger partial charge on any atom is 0.133 e. The molecule has 0 radical (unpaired) electrons. The number of rotatable bonds is 5. The van der Waals surface area contributed by atoms with E-state index >= 15 is 0 Å². The van der Waals surface area contributed by atoms with Crippen LogP contribution in [0.1, 0.15) is 61.5 Å². The highest BCUT2D eigenvalue weighted by Crippen LogP contribution is 2.30. The van der Waals surface area contributed by atoms with Crippen molar-refractivity contribution in [3.63, 3.8) is 0 Å². The molecule has 1 atom stereocenters. The van der Waals surface area contributed by atoms with Gasteiger partial charge >= 0.3 is 0 Å². The van der Waals surface area contributed by atoms with E-state index in [9.17, 15) is 0 Å². The number of furan rings is 1. The topological polar surface area (TPSA) is 82.3 Å². The third-order valence-corrected chi connectivity index (χ3v) is 5.26. The van der Waals surface area contributed by atoms with E-state index in [2.05, 4.69) is 27.3 Å². The highest BCUT2D eigenvalue weighted by molar-refractivity contribution is 5.10. The lowest BCUT2D eigenvalue weighted by Crippen LogP contribution is -2.34. The van der Waals surface area contributed by atoms with Gasteiger partial charge in [0.25, 0.3) is 0 Å². The highest BCUT2D eigenvalue weighted by atomic mass is 16.5. The Hall–Kier alpha value is -1.70. The van der Waals surface area contributed by atoms with Gasteiger partial charge in [0.1, 0.15) is 17.6 Å². The Balaban J connectivity index is 1.29. The zero-order chi connectivity index (χ0) is 17.1. The molecule has 2 aliphatic heterocycles. The minimum atomic E-state index is 0.150. The third kappa shape index (κ3) is 3.94. The van der Waals surface area contributed by atoms with Crippen LogP contribution in [0.5, 0.6) is 0 Å². The average molecular weight is 345 g/mol. The molecule has 2 fully saturated rings. The van der Waals surface area contributed by atoms with Crippen LogP contribution in [0.15, 0.2) is 22.7 Å². The van der Waals surface area contributed by atoms with Crippen LogP contribution >= 0.6 is 0 Å². The van der Waals surface area contributed by atoms with E-state index in [0.29, 0.717) is 12.6 Å². The van der Waals surface area contributed by atoms with Crippen molar-refractivity contribution in [3.8, 4) is 0 Å². The lowest BCUT2D eigenvalue weighted by atomic mass is 10.1. The zero-order valence-electron chi connectivity index (χ0n) is 14.6. The van der Waals surface area contributed by atoms with Gasteiger partial charge in [-0.3, -0.25) is 4.90 Å². The maximum atomic E-state index is 6.05. The fourth-order valence-corrected chi connectivity index (χ4v) is 3.77. The van der Waals surface area contributed by atoms with Crippen molar-refractivity contribution in [3.05, 3.63) is 35.5 Å². The summed E-state index contributed by atoms with van der Waals surface area (Å²) in [7, 11) is 0. The van der Waals surface area contributed by atoms with E-state index in [4.69, 9.17) is 14.9 Å². The number of piperidine rings is 1. The largest absolute Gasteiger partial charge is 0.462 e. The van der Waals surface area contributed by atoms with Crippen LogP contribution in [-0.2, 0) is 17.8 Å². The maximum absolute atomic E-state index is 6.05. The lowest BCUT2D eigenvalue weighted by molar-refractivity contribution is 0.000727. The summed E-state index contributed by atoms with van der Waals surface area (Å²) in [5.41, 5.74) is 6.47. The Morgan fingerprint density at radius 2 is 2.04 bits per heavy atom. The molecule has 0 amide bonds. The Morgan fingerprint density at radius 3 is 2.76 bits per heavy atom. The van der Waals surface area contributed by atoms with Crippen LogP contribution in [0.25, 0.3) is 0 Å². The van der Waals surface area contributed by atoms with Gasteiger partial charge in [-0.1, -0.05) is 5.21 Å². The minimum absolute atomic E-state index is 0.150. The normalized spacial score (nSPS) is 23.2. The molecule has 4 heterocycles. The average Bonchev–Trinajstić information content (AvgIpc) is 3.33. The second-order valence-electron chi connectivity index (χ2n) is 7.06. The number of ether oxygens (including phenoxy) is 1. The van der Waals surface area contributed by atoms with Gasteiger partial charge in [-0.05, 0) is 44.2 Å². The summed E-state index contributed by atoms with van der Waals surface area (Å²) in [6.07, 6.45) is 7.74. The van der Waals surface area contributed by atoms with E-state index in [1.807, 2.05) is 10.9 Å². The fraction of sp³-hybridized carbons (Fsp3) is 0.667. The van der Waals surface area contributed by atoms with E-state index < -0.39 is 0 Å². The van der Waals surface area contributed by atoms with Gasteiger partial charge in [0.2, 0.25) is 0 Å². The summed E-state index contributed by atoms with van der Waals surface area (Å²) in [5, 5.41) is 8.30. The summed E-state index contributed by atoms with van der Waals surface area (Å²) < 4.78 is 13.8. The summed E-state index contributed by atoms with van der Waals surface area (Å²) in [5.74, 6) is 2.02. The van der Waals surface area contributed by atoms with Crippen molar-refractivity contribution in [2.45, 2.75) is 57.3 Å². The SMILES string of the molecule is NCc1cn(C2CCN(Cc3ccc([C@@H]4CCCCO4)o3)CC2)nn1. The first kappa shape index (κ1) is 16.8. The third-order valence-electron chi connectivity index (χ3n) is 5.26. The van der Waals surface area contributed by atoms with Gasteiger partial charge < -0.3 is 14.9 Å². The highest BCUT2D eigenvalue weighted by Gasteiger charge is 2.23. The van der Waals surface area contributed by atoms with Gasteiger partial charge in [0.05, 0.1) is 24.5 Å². The predicted octanol–water partition coefficient (Wildman–Crippen LogP) is 2.41. The van der Waals surface area contributed by atoms with E-state index in [0.717, 1.165) is 69.1 Å². The van der Waals surface area contributed by atoms with Gasteiger partial charge in [0, 0.05) is 26.2 Å². The number of hydrogen-bond donors (Lipinski definition) is 1. The van der Waals surface area contributed by atoms with Crippen LogP contribution < -0.4 is 5.73 Å². The molecule has 2 aromatic rings. The van der Waals surface area contributed by atoms with Gasteiger partial charge in [-0.25, -0.2) is 4.68 Å². The molecule has 25 heavy (non-hydrogen) atoms. The quantitative estimate of drug-likeness (QED) is 0.896. The first-order chi connectivity index (χ1) is 12.3. The molecule has 2 saturated heterocycles. The molecule has 2 N–H and O–H groups in total. The number of nitrogens with two attached hydrogens (primary N) is 1. The molecule has 136 valence electrons. The predicted molar refractivity (Wildman–Crippen MR) is 92.7 cm³/mol. The molecule has 0 aromatic carbocycles. The van der Waals surface area contributed by atoms with Crippen molar-refractivity contribution in [1.29, 1.82) is 0 Å². The monoisotopic (exact) mass is 345 g/mol. The molecule has 0 unspecified atom stereocenters. The Labute approximate surface area is 148 Å². The summed E-state index contributed by atoms with van der Waals surface area (Å²) in [6.45, 7) is 4.24. The van der Waals surface area contributed by atoms with Crippen molar-refractivity contribution < 1.29 is 9.15 Å². The molecule has 7 nitrogen and oxygen atoms in total. The molecular formula is C18H27N5O2. The molecule has 7 heteroatoms. The molecule has 2 aliphatic rings. The van der Waals surface area contributed by atoms with Crippen LogP contribution in [0, 0.1) is 0 Å². The zero-order valence-corrected chi connectivity index (χ0v) is 14.6. The molecule has 0 saturated carbocycles. The van der Waals surface area contributed by atoms with Crippen molar-refractivity contribution in [1.82, 2.24) is 19.9 Å². The van der Waals surface area contributed by atoms with Crippen LogP contribution in [0.2, 0.25) is 0 Å². The number of aromatic nitrogens is 3. The summed E-state index contributed by atoms with van der Waals surface area (Å²) in [6, 6.07) is 4.61. The van der Waals surface area contributed by atoms with Crippen LogP contribution in [-0.4, -0.2) is 39.6 Å². The van der Waals surface area contributed by atoms with Crippen LogP contribution in [0.3, 0.4) is 0 Å². The molecule has 0 aliphatic carbocycles. The molecule has 0 bridgehead atoms. The number of hydrogen-bond acceptors (Lipinski definition) is 6. The second-order valence-corrected chi connectivity index (χ2v) is 7.06. The van der Waals surface area contributed by atoms with E-state index in [-0.39, 0.29) is 6.10 Å². The summed E-state index contributed by atoms with van der Waals surface area (Å²) in [4.78, 5) is 2.45. The Morgan fingerprint density at radius 1 is 1.16 bits per heavy atom. The van der Waals surface area contributed by atoms with Gasteiger partial charge in [-0.2, -0.15) is 0 Å². The Bertz CT molecular complexity index is 669. The van der Waals surface area contributed by atoms with Crippen LogP contribution in [0.4, 0.5) is 0 Å². The number of likely N-dealkylation sites (tertiary alicyclic amines) is 1. The molecule has 4 rings (SSSR count).